The Balaban J connectivity index is 2.01. The van der Waals surface area contributed by atoms with Gasteiger partial charge in [0, 0.05) is 6.54 Å². The normalized spacial score (nSPS) is 26.5. The van der Waals surface area contributed by atoms with Crippen molar-refractivity contribution in [2.45, 2.75) is 44.8 Å². The third-order valence-corrected chi connectivity index (χ3v) is 4.18. The highest BCUT2D eigenvalue weighted by atomic mass is 19.1. The Hall–Kier alpha value is -1.13. The Morgan fingerprint density at radius 2 is 2.25 bits per heavy atom. The summed E-state index contributed by atoms with van der Waals surface area (Å²) in [7, 11) is 1.46. The van der Waals surface area contributed by atoms with Crippen LogP contribution in [-0.4, -0.2) is 19.3 Å². The van der Waals surface area contributed by atoms with E-state index in [1.807, 2.05) is 6.07 Å². The second-order valence-corrected chi connectivity index (χ2v) is 5.85. The van der Waals surface area contributed by atoms with Gasteiger partial charge in [-0.3, -0.25) is 0 Å². The van der Waals surface area contributed by atoms with Crippen molar-refractivity contribution in [3.05, 3.63) is 29.6 Å². The third kappa shape index (κ3) is 3.49. The predicted octanol–water partition coefficient (Wildman–Crippen LogP) is 3.26. The van der Waals surface area contributed by atoms with E-state index in [-0.39, 0.29) is 17.2 Å². The van der Waals surface area contributed by atoms with Crippen LogP contribution in [0.1, 0.15) is 38.2 Å². The van der Waals surface area contributed by atoms with Gasteiger partial charge in [-0.2, -0.15) is 0 Å². The minimum Gasteiger partial charge on any atom is -0.494 e. The summed E-state index contributed by atoms with van der Waals surface area (Å²) in [5.74, 6) is 0.542. The molecule has 0 amide bonds. The van der Waals surface area contributed by atoms with Crippen LogP contribution in [0.25, 0.3) is 0 Å². The molecule has 0 aliphatic heterocycles. The van der Waals surface area contributed by atoms with E-state index in [0.717, 1.165) is 24.8 Å². The van der Waals surface area contributed by atoms with E-state index in [0.29, 0.717) is 19.1 Å². The van der Waals surface area contributed by atoms with Gasteiger partial charge in [-0.15, -0.1) is 0 Å². The quantitative estimate of drug-likeness (QED) is 0.901. The first-order chi connectivity index (χ1) is 9.58. The van der Waals surface area contributed by atoms with Crippen molar-refractivity contribution in [2.24, 2.45) is 11.7 Å². The van der Waals surface area contributed by atoms with Crippen LogP contribution >= 0.6 is 0 Å². The van der Waals surface area contributed by atoms with E-state index in [1.165, 1.54) is 19.6 Å². The summed E-state index contributed by atoms with van der Waals surface area (Å²) in [6.45, 7) is 3.15. The molecule has 0 saturated heterocycles. The molecule has 112 valence electrons. The van der Waals surface area contributed by atoms with Crippen molar-refractivity contribution in [1.29, 1.82) is 0 Å². The second kappa shape index (κ2) is 6.55. The molecule has 1 aliphatic rings. The molecule has 0 bridgehead atoms. The predicted molar refractivity (Wildman–Crippen MR) is 77.2 cm³/mol. The molecule has 0 aromatic heterocycles. The van der Waals surface area contributed by atoms with Crippen LogP contribution in [0.15, 0.2) is 18.2 Å². The van der Waals surface area contributed by atoms with Crippen LogP contribution in [0.4, 0.5) is 4.39 Å². The molecular formula is C16H24FNO2. The summed E-state index contributed by atoms with van der Waals surface area (Å²) in [5, 5.41) is 0. The van der Waals surface area contributed by atoms with Gasteiger partial charge in [0.1, 0.15) is 0 Å². The number of ether oxygens (including phenoxy) is 2. The Bertz CT molecular complexity index is 452. The molecule has 1 aromatic carbocycles. The van der Waals surface area contributed by atoms with Crippen LogP contribution < -0.4 is 10.5 Å². The van der Waals surface area contributed by atoms with Gasteiger partial charge in [0.25, 0.3) is 0 Å². The lowest BCUT2D eigenvalue weighted by Crippen LogP contribution is -2.44. The number of hydrogen-bond acceptors (Lipinski definition) is 3. The number of benzene rings is 1. The number of halogens is 1. The monoisotopic (exact) mass is 281 g/mol. The van der Waals surface area contributed by atoms with Crippen LogP contribution in [0.3, 0.4) is 0 Å². The molecule has 20 heavy (non-hydrogen) atoms. The SMILES string of the molecule is COc1ccc(COC2(CN)CCCC(C)C2)cc1F. The zero-order valence-corrected chi connectivity index (χ0v) is 12.3. The van der Waals surface area contributed by atoms with E-state index in [9.17, 15) is 4.39 Å². The average molecular weight is 281 g/mol. The van der Waals surface area contributed by atoms with Gasteiger partial charge in [-0.25, -0.2) is 4.39 Å². The van der Waals surface area contributed by atoms with Crippen LogP contribution in [0.2, 0.25) is 0 Å². The maximum atomic E-state index is 13.7. The number of nitrogens with two attached hydrogens (primary N) is 1. The zero-order chi connectivity index (χ0) is 14.6. The Morgan fingerprint density at radius 1 is 1.45 bits per heavy atom. The largest absolute Gasteiger partial charge is 0.494 e. The van der Waals surface area contributed by atoms with Crippen LogP contribution in [0, 0.1) is 11.7 Å². The lowest BCUT2D eigenvalue weighted by Gasteiger charge is -2.39. The van der Waals surface area contributed by atoms with E-state index in [4.69, 9.17) is 15.2 Å². The lowest BCUT2D eigenvalue weighted by molar-refractivity contribution is -0.0840. The first kappa shape index (κ1) is 15.3. The van der Waals surface area contributed by atoms with Crippen LogP contribution in [-0.2, 0) is 11.3 Å². The van der Waals surface area contributed by atoms with Gasteiger partial charge in [-0.05, 0) is 36.5 Å². The number of rotatable bonds is 5. The first-order valence-electron chi connectivity index (χ1n) is 7.25. The minimum absolute atomic E-state index is 0.242. The molecule has 2 rings (SSSR count). The molecule has 1 fully saturated rings. The molecule has 1 aromatic rings. The lowest BCUT2D eigenvalue weighted by atomic mass is 9.79. The number of hydrogen-bond donors (Lipinski definition) is 1. The van der Waals surface area contributed by atoms with Crippen molar-refractivity contribution >= 4 is 0 Å². The summed E-state index contributed by atoms with van der Waals surface area (Å²) in [6.07, 6.45) is 4.37. The fraction of sp³-hybridized carbons (Fsp3) is 0.625. The van der Waals surface area contributed by atoms with Gasteiger partial charge >= 0.3 is 0 Å². The second-order valence-electron chi connectivity index (χ2n) is 5.85. The van der Waals surface area contributed by atoms with Crippen molar-refractivity contribution < 1.29 is 13.9 Å². The molecule has 2 unspecified atom stereocenters. The number of methoxy groups -OCH3 is 1. The zero-order valence-electron chi connectivity index (χ0n) is 12.3. The first-order valence-corrected chi connectivity index (χ1v) is 7.25. The van der Waals surface area contributed by atoms with Gasteiger partial charge in [-0.1, -0.05) is 25.8 Å². The summed E-state index contributed by atoms with van der Waals surface area (Å²) >= 11 is 0. The topological polar surface area (TPSA) is 44.5 Å². The van der Waals surface area contributed by atoms with E-state index in [1.54, 1.807) is 6.07 Å². The Kier molecular flexibility index (Phi) is 5.00. The Morgan fingerprint density at radius 3 is 2.85 bits per heavy atom. The fourth-order valence-corrected chi connectivity index (χ4v) is 3.02. The fourth-order valence-electron chi connectivity index (χ4n) is 3.02. The highest BCUT2D eigenvalue weighted by Crippen LogP contribution is 2.35. The molecule has 1 saturated carbocycles. The van der Waals surface area contributed by atoms with E-state index in [2.05, 4.69) is 6.92 Å². The molecule has 4 heteroatoms. The van der Waals surface area contributed by atoms with E-state index < -0.39 is 0 Å². The van der Waals surface area contributed by atoms with Crippen molar-refractivity contribution in [3.63, 3.8) is 0 Å². The summed E-state index contributed by atoms with van der Waals surface area (Å²) in [5.41, 5.74) is 6.49. The molecule has 0 radical (unpaired) electrons. The Labute approximate surface area is 120 Å². The minimum atomic E-state index is -0.354. The standard InChI is InChI=1S/C16H24FNO2/c1-12-4-3-7-16(9-12,11-18)20-10-13-5-6-15(19-2)14(17)8-13/h5-6,8,12H,3-4,7,9-11,18H2,1-2H3. The highest BCUT2D eigenvalue weighted by Gasteiger charge is 2.34. The molecule has 2 N–H and O–H groups in total. The molecule has 0 spiro atoms. The molecule has 1 aliphatic carbocycles. The van der Waals surface area contributed by atoms with Crippen molar-refractivity contribution in [2.75, 3.05) is 13.7 Å². The van der Waals surface area contributed by atoms with Crippen molar-refractivity contribution in [1.82, 2.24) is 0 Å². The average Bonchev–Trinajstić information content (AvgIpc) is 2.45. The van der Waals surface area contributed by atoms with E-state index >= 15 is 0 Å². The molecule has 3 nitrogen and oxygen atoms in total. The highest BCUT2D eigenvalue weighted by molar-refractivity contribution is 5.28. The smallest absolute Gasteiger partial charge is 0.165 e. The molecular weight excluding hydrogens is 257 g/mol. The van der Waals surface area contributed by atoms with Gasteiger partial charge in [0.2, 0.25) is 0 Å². The molecule has 0 heterocycles. The maximum absolute atomic E-state index is 13.7. The summed E-state index contributed by atoms with van der Waals surface area (Å²) in [6, 6.07) is 4.93. The molecule has 2 atom stereocenters. The summed E-state index contributed by atoms with van der Waals surface area (Å²) in [4.78, 5) is 0. The maximum Gasteiger partial charge on any atom is 0.165 e. The van der Waals surface area contributed by atoms with Crippen molar-refractivity contribution in [3.8, 4) is 5.75 Å². The van der Waals surface area contributed by atoms with Crippen LogP contribution in [0.5, 0.6) is 5.75 Å². The van der Waals surface area contributed by atoms with Gasteiger partial charge < -0.3 is 15.2 Å². The third-order valence-electron chi connectivity index (χ3n) is 4.18. The van der Waals surface area contributed by atoms with Gasteiger partial charge in [0.15, 0.2) is 11.6 Å². The van der Waals surface area contributed by atoms with Gasteiger partial charge in [0.05, 0.1) is 19.3 Å². The summed E-state index contributed by atoms with van der Waals surface area (Å²) < 4.78 is 24.6.